The van der Waals surface area contributed by atoms with Crippen LogP contribution < -0.4 is 5.14 Å². The van der Waals surface area contributed by atoms with Crippen molar-refractivity contribution < 1.29 is 16.8 Å². The predicted molar refractivity (Wildman–Crippen MR) is 74.1 cm³/mol. The molecule has 0 saturated carbocycles. The average molecular weight is 319 g/mol. The van der Waals surface area contributed by atoms with Crippen LogP contribution in [-0.4, -0.2) is 59.3 Å². The molecule has 1 aliphatic heterocycles. The van der Waals surface area contributed by atoms with Crippen LogP contribution in [0.3, 0.4) is 0 Å². The van der Waals surface area contributed by atoms with Crippen molar-refractivity contribution in [1.82, 2.24) is 9.21 Å². The Balaban J connectivity index is 2.46. The molecule has 2 N–H and O–H groups in total. The number of nitrogens with zero attached hydrogens (tertiary/aromatic N) is 2. The van der Waals surface area contributed by atoms with Crippen LogP contribution in [-0.2, 0) is 20.0 Å². The summed E-state index contributed by atoms with van der Waals surface area (Å²) in [5.41, 5.74) is 0. The van der Waals surface area contributed by atoms with E-state index in [1.165, 1.54) is 28.6 Å². The molecule has 0 aliphatic carbocycles. The van der Waals surface area contributed by atoms with Crippen molar-refractivity contribution >= 4 is 20.0 Å². The van der Waals surface area contributed by atoms with Crippen molar-refractivity contribution in [2.75, 3.05) is 33.2 Å². The summed E-state index contributed by atoms with van der Waals surface area (Å²) in [4.78, 5) is 1.39. The highest BCUT2D eigenvalue weighted by Crippen LogP contribution is 2.23. The number of hydrogen-bond acceptors (Lipinski definition) is 5. The predicted octanol–water partition coefficient (Wildman–Crippen LogP) is -0.730. The summed E-state index contributed by atoms with van der Waals surface area (Å²) >= 11 is 0. The Morgan fingerprint density at radius 1 is 0.950 bits per heavy atom. The molecule has 1 saturated heterocycles. The first-order valence-electron chi connectivity index (χ1n) is 6.03. The highest BCUT2D eigenvalue weighted by molar-refractivity contribution is 7.92. The van der Waals surface area contributed by atoms with E-state index in [0.717, 1.165) is 0 Å². The van der Waals surface area contributed by atoms with E-state index in [1.807, 2.05) is 11.9 Å². The number of likely N-dealkylation sites (N-methyl/N-ethyl adjacent to an activating group) is 1. The lowest BCUT2D eigenvalue weighted by Gasteiger charge is -2.31. The minimum absolute atomic E-state index is 0.257. The summed E-state index contributed by atoms with van der Waals surface area (Å²) in [5.74, 6) is 0. The second kappa shape index (κ2) is 5.41. The van der Waals surface area contributed by atoms with Gasteiger partial charge in [0.15, 0.2) is 0 Å². The Morgan fingerprint density at radius 3 is 1.95 bits per heavy atom. The van der Waals surface area contributed by atoms with Gasteiger partial charge >= 0.3 is 0 Å². The van der Waals surface area contributed by atoms with Crippen LogP contribution in [0.1, 0.15) is 0 Å². The molecule has 7 nitrogen and oxygen atoms in total. The molecule has 0 amide bonds. The van der Waals surface area contributed by atoms with Crippen molar-refractivity contribution in [1.29, 1.82) is 0 Å². The monoisotopic (exact) mass is 319 g/mol. The van der Waals surface area contributed by atoms with Gasteiger partial charge in [-0.15, -0.1) is 0 Å². The Kier molecular flexibility index (Phi) is 4.17. The minimum atomic E-state index is -4.08. The largest absolute Gasteiger partial charge is 0.304 e. The van der Waals surface area contributed by atoms with Gasteiger partial charge in [-0.25, -0.2) is 22.0 Å². The molecule has 0 radical (unpaired) electrons. The van der Waals surface area contributed by atoms with Crippen LogP contribution in [0.5, 0.6) is 0 Å². The smallest absolute Gasteiger partial charge is 0.244 e. The molecular formula is C11H17N3O4S2. The van der Waals surface area contributed by atoms with Gasteiger partial charge in [0, 0.05) is 26.2 Å². The molecule has 0 aromatic heterocycles. The Bertz CT molecular complexity index is 692. The number of benzene rings is 1. The summed E-state index contributed by atoms with van der Waals surface area (Å²) in [7, 11) is -6.03. The van der Waals surface area contributed by atoms with Crippen molar-refractivity contribution in [2.24, 2.45) is 5.14 Å². The van der Waals surface area contributed by atoms with E-state index in [9.17, 15) is 16.8 Å². The third-order valence-electron chi connectivity index (χ3n) is 3.24. The number of nitrogens with two attached hydrogens (primary N) is 1. The number of primary sulfonamides is 1. The normalized spacial score (nSPS) is 19.1. The minimum Gasteiger partial charge on any atom is -0.304 e. The van der Waals surface area contributed by atoms with Gasteiger partial charge in [0.2, 0.25) is 20.0 Å². The zero-order valence-electron chi connectivity index (χ0n) is 11.1. The first kappa shape index (κ1) is 15.4. The molecule has 0 spiro atoms. The Morgan fingerprint density at radius 2 is 1.45 bits per heavy atom. The SMILES string of the molecule is CN1CCN(S(=O)(=O)c2ccccc2S(N)(=O)=O)CC1. The van der Waals surface area contributed by atoms with E-state index in [1.54, 1.807) is 0 Å². The molecule has 1 aromatic rings. The van der Waals surface area contributed by atoms with Gasteiger partial charge in [0.25, 0.3) is 0 Å². The van der Waals surface area contributed by atoms with Crippen LogP contribution in [0, 0.1) is 0 Å². The van der Waals surface area contributed by atoms with Gasteiger partial charge in [-0.2, -0.15) is 4.31 Å². The van der Waals surface area contributed by atoms with E-state index in [0.29, 0.717) is 26.2 Å². The number of rotatable bonds is 3. The molecular weight excluding hydrogens is 302 g/mol. The molecule has 20 heavy (non-hydrogen) atoms. The van der Waals surface area contributed by atoms with Crippen molar-refractivity contribution in [2.45, 2.75) is 9.79 Å². The lowest BCUT2D eigenvalue weighted by atomic mass is 10.4. The van der Waals surface area contributed by atoms with E-state index < -0.39 is 20.0 Å². The lowest BCUT2D eigenvalue weighted by molar-refractivity contribution is 0.222. The number of hydrogen-bond donors (Lipinski definition) is 1. The van der Waals surface area contributed by atoms with Crippen LogP contribution >= 0.6 is 0 Å². The standard InChI is InChI=1S/C11H17N3O4S2/c1-13-6-8-14(9-7-13)20(17,18)11-5-3-2-4-10(11)19(12,15)16/h2-5H,6-9H2,1H3,(H2,12,15,16). The van der Waals surface area contributed by atoms with Crippen LogP contribution in [0.25, 0.3) is 0 Å². The Hall–Kier alpha value is -1.00. The fourth-order valence-corrected chi connectivity index (χ4v) is 4.84. The second-order valence-corrected chi connectivity index (χ2v) is 8.14. The van der Waals surface area contributed by atoms with Gasteiger partial charge < -0.3 is 4.90 Å². The third-order valence-corrected chi connectivity index (χ3v) is 6.29. The fraction of sp³-hybridized carbons (Fsp3) is 0.455. The molecule has 0 bridgehead atoms. The fourth-order valence-electron chi connectivity index (χ4n) is 2.07. The maximum absolute atomic E-state index is 12.5. The van der Waals surface area contributed by atoms with Gasteiger partial charge in [0.05, 0.1) is 0 Å². The van der Waals surface area contributed by atoms with E-state index in [4.69, 9.17) is 5.14 Å². The zero-order valence-corrected chi connectivity index (χ0v) is 12.7. The first-order valence-corrected chi connectivity index (χ1v) is 9.02. The molecule has 1 aliphatic rings. The maximum atomic E-state index is 12.5. The average Bonchev–Trinajstić information content (AvgIpc) is 2.38. The summed E-state index contributed by atoms with van der Waals surface area (Å²) in [6, 6.07) is 5.41. The van der Waals surface area contributed by atoms with Crippen LogP contribution in [0.15, 0.2) is 34.1 Å². The number of piperazine rings is 1. The van der Waals surface area contributed by atoms with Crippen LogP contribution in [0.4, 0.5) is 0 Å². The molecule has 0 atom stereocenters. The summed E-state index contributed by atoms with van der Waals surface area (Å²) < 4.78 is 49.4. The van der Waals surface area contributed by atoms with E-state index >= 15 is 0 Å². The maximum Gasteiger partial charge on any atom is 0.244 e. The third kappa shape index (κ3) is 3.01. The Labute approximate surface area is 119 Å². The van der Waals surface area contributed by atoms with E-state index in [2.05, 4.69) is 0 Å². The van der Waals surface area contributed by atoms with Crippen LogP contribution in [0.2, 0.25) is 0 Å². The second-order valence-electron chi connectivity index (χ2n) is 4.70. The highest BCUT2D eigenvalue weighted by atomic mass is 32.2. The quantitative estimate of drug-likeness (QED) is 0.791. The van der Waals surface area contributed by atoms with Gasteiger partial charge in [-0.05, 0) is 19.2 Å². The molecule has 9 heteroatoms. The molecule has 1 aromatic carbocycles. The molecule has 1 fully saturated rings. The summed E-state index contributed by atoms with van der Waals surface area (Å²) in [6.07, 6.45) is 0. The number of sulfonamides is 2. The topological polar surface area (TPSA) is 101 Å². The van der Waals surface area contributed by atoms with Gasteiger partial charge in [-0.3, -0.25) is 0 Å². The van der Waals surface area contributed by atoms with Crippen molar-refractivity contribution in [3.63, 3.8) is 0 Å². The van der Waals surface area contributed by atoms with Gasteiger partial charge in [-0.1, -0.05) is 12.1 Å². The summed E-state index contributed by atoms with van der Waals surface area (Å²) in [6.45, 7) is 1.88. The van der Waals surface area contributed by atoms with E-state index in [-0.39, 0.29) is 9.79 Å². The lowest BCUT2D eigenvalue weighted by Crippen LogP contribution is -2.47. The summed E-state index contributed by atoms with van der Waals surface area (Å²) in [5, 5.41) is 5.09. The zero-order chi connectivity index (χ0) is 15.0. The molecule has 112 valence electrons. The van der Waals surface area contributed by atoms with Crippen molar-refractivity contribution in [3.05, 3.63) is 24.3 Å². The van der Waals surface area contributed by atoms with Gasteiger partial charge in [0.1, 0.15) is 9.79 Å². The molecule has 0 unspecified atom stereocenters. The molecule has 2 rings (SSSR count). The van der Waals surface area contributed by atoms with Crippen molar-refractivity contribution in [3.8, 4) is 0 Å². The highest BCUT2D eigenvalue weighted by Gasteiger charge is 2.31. The first-order chi connectivity index (χ1) is 9.23. The molecule has 1 heterocycles.